The standard InChI is InChI=1S/C22H25FN4O3/c1-24-22(29)20-14-27(18-8-4-5-9-19(18)30-20)15-21(28)26-12-10-25(11-13-26)17-7-3-2-6-16(17)23/h2-9,20H,10-15H2,1H3,(H,24,29)/t20-/m1/s1. The first-order chi connectivity index (χ1) is 14.6. The van der Waals surface area contributed by atoms with Crippen LogP contribution in [0.2, 0.25) is 0 Å². The molecule has 0 bridgehead atoms. The largest absolute Gasteiger partial charge is 0.477 e. The maximum absolute atomic E-state index is 14.0. The fraction of sp³-hybridized carbons (Fsp3) is 0.364. The molecule has 2 aliphatic heterocycles. The molecule has 2 aromatic rings. The third kappa shape index (κ3) is 4.03. The van der Waals surface area contributed by atoms with Crippen molar-refractivity contribution < 1.29 is 18.7 Å². The van der Waals surface area contributed by atoms with Gasteiger partial charge >= 0.3 is 0 Å². The lowest BCUT2D eigenvalue weighted by molar-refractivity contribution is -0.131. The summed E-state index contributed by atoms with van der Waals surface area (Å²) in [5, 5.41) is 2.61. The van der Waals surface area contributed by atoms with Crippen LogP contribution in [0.5, 0.6) is 5.75 Å². The molecule has 2 aromatic carbocycles. The first-order valence-electron chi connectivity index (χ1n) is 10.1. The van der Waals surface area contributed by atoms with Crippen molar-refractivity contribution in [3.8, 4) is 5.75 Å². The van der Waals surface area contributed by atoms with Crippen molar-refractivity contribution >= 4 is 23.2 Å². The second-order valence-electron chi connectivity index (χ2n) is 7.39. The van der Waals surface area contributed by atoms with Gasteiger partial charge < -0.3 is 24.8 Å². The summed E-state index contributed by atoms with van der Waals surface area (Å²) in [6.45, 7) is 2.67. The lowest BCUT2D eigenvalue weighted by Crippen LogP contribution is -2.54. The monoisotopic (exact) mass is 412 g/mol. The summed E-state index contributed by atoms with van der Waals surface area (Å²) in [4.78, 5) is 30.7. The molecule has 2 amide bonds. The Bertz CT molecular complexity index is 930. The average Bonchev–Trinajstić information content (AvgIpc) is 2.79. The van der Waals surface area contributed by atoms with E-state index >= 15 is 0 Å². The number of amides is 2. The predicted octanol–water partition coefficient (Wildman–Crippen LogP) is 1.49. The lowest BCUT2D eigenvalue weighted by Gasteiger charge is -2.39. The van der Waals surface area contributed by atoms with Crippen LogP contribution in [0.25, 0.3) is 0 Å². The van der Waals surface area contributed by atoms with E-state index < -0.39 is 6.10 Å². The number of nitrogens with one attached hydrogen (secondary N) is 1. The van der Waals surface area contributed by atoms with Crippen LogP contribution in [-0.4, -0.2) is 69.1 Å². The molecule has 7 nitrogen and oxygen atoms in total. The fourth-order valence-electron chi connectivity index (χ4n) is 3.92. The highest BCUT2D eigenvalue weighted by Crippen LogP contribution is 2.33. The molecule has 30 heavy (non-hydrogen) atoms. The molecular weight excluding hydrogens is 387 g/mol. The third-order valence-electron chi connectivity index (χ3n) is 5.55. The van der Waals surface area contributed by atoms with Gasteiger partial charge in [-0.15, -0.1) is 0 Å². The zero-order chi connectivity index (χ0) is 21.1. The topological polar surface area (TPSA) is 65.1 Å². The van der Waals surface area contributed by atoms with Crippen molar-refractivity contribution in [2.75, 3.05) is 56.1 Å². The Balaban J connectivity index is 1.41. The quantitative estimate of drug-likeness (QED) is 0.824. The molecule has 1 atom stereocenters. The van der Waals surface area contributed by atoms with E-state index in [1.54, 1.807) is 30.1 Å². The van der Waals surface area contributed by atoms with Crippen LogP contribution >= 0.6 is 0 Å². The van der Waals surface area contributed by atoms with Gasteiger partial charge in [0.2, 0.25) is 5.91 Å². The summed E-state index contributed by atoms with van der Waals surface area (Å²) in [7, 11) is 1.57. The van der Waals surface area contributed by atoms with Gasteiger partial charge in [-0.3, -0.25) is 9.59 Å². The number of likely N-dealkylation sites (N-methyl/N-ethyl adjacent to an activating group) is 1. The molecule has 1 saturated heterocycles. The van der Waals surface area contributed by atoms with E-state index in [1.165, 1.54) is 6.07 Å². The number of hydrogen-bond acceptors (Lipinski definition) is 5. The average molecular weight is 412 g/mol. The van der Waals surface area contributed by atoms with Crippen molar-refractivity contribution in [3.05, 3.63) is 54.3 Å². The Hall–Kier alpha value is -3.29. The third-order valence-corrected chi connectivity index (χ3v) is 5.55. The highest BCUT2D eigenvalue weighted by Gasteiger charge is 2.32. The van der Waals surface area contributed by atoms with E-state index in [1.807, 2.05) is 34.1 Å². The van der Waals surface area contributed by atoms with Gasteiger partial charge in [0.1, 0.15) is 11.6 Å². The van der Waals surface area contributed by atoms with Crippen molar-refractivity contribution in [3.63, 3.8) is 0 Å². The second kappa shape index (κ2) is 8.61. The highest BCUT2D eigenvalue weighted by atomic mass is 19.1. The molecule has 8 heteroatoms. The first kappa shape index (κ1) is 20.0. The normalized spacial score (nSPS) is 18.5. The zero-order valence-electron chi connectivity index (χ0n) is 16.9. The molecule has 4 rings (SSSR count). The van der Waals surface area contributed by atoms with E-state index in [0.29, 0.717) is 44.2 Å². The minimum absolute atomic E-state index is 0.0180. The van der Waals surface area contributed by atoms with Crippen LogP contribution in [0.3, 0.4) is 0 Å². The summed E-state index contributed by atoms with van der Waals surface area (Å²) in [5.74, 6) is 0.105. The molecule has 2 aliphatic rings. The fourth-order valence-corrected chi connectivity index (χ4v) is 3.92. The highest BCUT2D eigenvalue weighted by molar-refractivity contribution is 5.86. The van der Waals surface area contributed by atoms with Crippen molar-refractivity contribution in [2.24, 2.45) is 0 Å². The number of rotatable bonds is 4. The van der Waals surface area contributed by atoms with Crippen LogP contribution in [0.4, 0.5) is 15.8 Å². The molecule has 0 radical (unpaired) electrons. The lowest BCUT2D eigenvalue weighted by atomic mass is 10.1. The molecule has 0 saturated carbocycles. The van der Waals surface area contributed by atoms with Gasteiger partial charge in [-0.1, -0.05) is 24.3 Å². The van der Waals surface area contributed by atoms with Gasteiger partial charge in [0.15, 0.2) is 6.10 Å². The number of anilines is 2. The number of nitrogens with zero attached hydrogens (tertiary/aromatic N) is 3. The molecule has 2 heterocycles. The Morgan fingerprint density at radius 1 is 1.03 bits per heavy atom. The molecule has 0 aliphatic carbocycles. The number of fused-ring (bicyclic) bond motifs is 1. The van der Waals surface area contributed by atoms with Crippen LogP contribution < -0.4 is 19.9 Å². The van der Waals surface area contributed by atoms with Crippen molar-refractivity contribution in [1.82, 2.24) is 10.2 Å². The SMILES string of the molecule is CNC(=O)[C@H]1CN(CC(=O)N2CCN(c3ccccc3F)CC2)c2ccccc2O1. The first-order valence-corrected chi connectivity index (χ1v) is 10.1. The van der Waals surface area contributed by atoms with E-state index in [-0.39, 0.29) is 24.2 Å². The second-order valence-corrected chi connectivity index (χ2v) is 7.39. The summed E-state index contributed by atoms with van der Waals surface area (Å²) in [5.41, 5.74) is 1.37. The number of para-hydroxylation sites is 3. The van der Waals surface area contributed by atoms with Crippen LogP contribution in [0, 0.1) is 5.82 Å². The summed E-state index contributed by atoms with van der Waals surface area (Å²) < 4.78 is 19.8. The molecule has 1 fully saturated rings. The van der Waals surface area contributed by atoms with Crippen LogP contribution in [0.1, 0.15) is 0 Å². The Morgan fingerprint density at radius 3 is 2.40 bits per heavy atom. The number of carbonyl (C=O) groups is 2. The molecule has 1 N–H and O–H groups in total. The summed E-state index contributed by atoms with van der Waals surface area (Å²) >= 11 is 0. The zero-order valence-corrected chi connectivity index (χ0v) is 16.9. The van der Waals surface area contributed by atoms with Gasteiger partial charge in [0, 0.05) is 33.2 Å². The molecule has 158 valence electrons. The number of benzene rings is 2. The van der Waals surface area contributed by atoms with Crippen LogP contribution in [-0.2, 0) is 9.59 Å². The maximum Gasteiger partial charge on any atom is 0.262 e. The molecule has 0 spiro atoms. The van der Waals surface area contributed by atoms with E-state index in [4.69, 9.17) is 4.74 Å². The maximum atomic E-state index is 14.0. The Kier molecular flexibility index (Phi) is 5.74. The van der Waals surface area contributed by atoms with E-state index in [9.17, 15) is 14.0 Å². The number of piperazine rings is 1. The van der Waals surface area contributed by atoms with Crippen molar-refractivity contribution in [1.29, 1.82) is 0 Å². The minimum Gasteiger partial charge on any atom is -0.477 e. The molecule has 0 unspecified atom stereocenters. The van der Waals surface area contributed by atoms with Gasteiger partial charge in [0.05, 0.1) is 24.5 Å². The Morgan fingerprint density at radius 2 is 1.70 bits per heavy atom. The van der Waals surface area contributed by atoms with Crippen molar-refractivity contribution in [2.45, 2.75) is 6.10 Å². The van der Waals surface area contributed by atoms with Crippen LogP contribution in [0.15, 0.2) is 48.5 Å². The van der Waals surface area contributed by atoms with Gasteiger partial charge in [-0.05, 0) is 24.3 Å². The van der Waals surface area contributed by atoms with Gasteiger partial charge in [-0.25, -0.2) is 4.39 Å². The van der Waals surface area contributed by atoms with E-state index in [0.717, 1.165) is 5.69 Å². The number of hydrogen-bond donors (Lipinski definition) is 1. The Labute approximate surface area is 175 Å². The minimum atomic E-state index is -0.671. The number of carbonyl (C=O) groups excluding carboxylic acids is 2. The number of halogens is 1. The molecular formula is C22H25FN4O3. The smallest absolute Gasteiger partial charge is 0.262 e. The summed E-state index contributed by atoms with van der Waals surface area (Å²) in [6.07, 6.45) is -0.671. The van der Waals surface area contributed by atoms with Gasteiger partial charge in [-0.2, -0.15) is 0 Å². The molecule has 0 aromatic heterocycles. The van der Waals surface area contributed by atoms with Gasteiger partial charge in [0.25, 0.3) is 5.91 Å². The number of ether oxygens (including phenoxy) is 1. The van der Waals surface area contributed by atoms with E-state index in [2.05, 4.69) is 5.32 Å². The summed E-state index contributed by atoms with van der Waals surface area (Å²) in [6, 6.07) is 14.1. The predicted molar refractivity (Wildman–Crippen MR) is 112 cm³/mol.